The van der Waals surface area contributed by atoms with Crippen LogP contribution >= 0.6 is 22.6 Å². The Labute approximate surface area is 415 Å². The predicted octanol–water partition coefficient (Wildman–Crippen LogP) is 16.4. The summed E-state index contributed by atoms with van der Waals surface area (Å²) in [6.45, 7) is 2.23. The predicted molar refractivity (Wildman–Crippen MR) is 293 cm³/mol. The lowest BCUT2D eigenvalue weighted by atomic mass is 9.78. The van der Waals surface area contributed by atoms with Crippen molar-refractivity contribution in [3.05, 3.63) is 248 Å². The van der Waals surface area contributed by atoms with Crippen molar-refractivity contribution >= 4 is 50.8 Å². The molecule has 0 bridgehead atoms. The standard InChI is InChI=1S/C63H55IN4/c1-42-58(44-21-8-3-9-22-44)65-62(66-59(42)54-34-16-31-51(39-54)48-28-14-27-47(37-48)43-19-6-2-7-20-43)55-35-17-32-52(40-55)49-29-15-30-50(38-49)53-33-18-36-56(41-53)63-67-60(45-23-10-4-11-24-45)57(64)61(68-63)46-25-12-5-13-26-46/h2-14,17,19-21,23-29,31-32,35-40,44,53,60H,15-16,18,22,30,33-34,41H2,1H3,(H,67,68). The molecule has 1 aliphatic heterocycles. The van der Waals surface area contributed by atoms with Gasteiger partial charge in [0, 0.05) is 15.1 Å². The van der Waals surface area contributed by atoms with Crippen LogP contribution in [-0.2, 0) is 0 Å². The number of aromatic nitrogens is 2. The second-order valence-corrected chi connectivity index (χ2v) is 19.7. The number of amidine groups is 1. The normalized spacial score (nSPS) is 20.4. The van der Waals surface area contributed by atoms with E-state index in [4.69, 9.17) is 15.0 Å². The van der Waals surface area contributed by atoms with Gasteiger partial charge in [-0.05, 0) is 166 Å². The fourth-order valence-corrected chi connectivity index (χ4v) is 11.5. The highest BCUT2D eigenvalue weighted by molar-refractivity contribution is 14.1. The average molecular weight is 995 g/mol. The van der Waals surface area contributed by atoms with Crippen LogP contribution < -0.4 is 5.32 Å². The van der Waals surface area contributed by atoms with Crippen LogP contribution in [0.15, 0.2) is 214 Å². The molecule has 11 rings (SSSR count). The van der Waals surface area contributed by atoms with Gasteiger partial charge >= 0.3 is 0 Å². The summed E-state index contributed by atoms with van der Waals surface area (Å²) in [7, 11) is 0. The van der Waals surface area contributed by atoms with Gasteiger partial charge in [0.25, 0.3) is 0 Å². The van der Waals surface area contributed by atoms with Gasteiger partial charge in [0.05, 0.1) is 17.1 Å². The number of nitrogens with zero attached hydrogens (tertiary/aromatic N) is 3. The van der Waals surface area contributed by atoms with Crippen LogP contribution in [0.2, 0.25) is 0 Å². The molecule has 0 spiro atoms. The van der Waals surface area contributed by atoms with Crippen LogP contribution in [0.1, 0.15) is 103 Å². The van der Waals surface area contributed by atoms with Gasteiger partial charge < -0.3 is 5.32 Å². The minimum Gasteiger partial charge on any atom is -0.339 e. The Morgan fingerprint density at radius 3 is 2.01 bits per heavy atom. The lowest BCUT2D eigenvalue weighted by molar-refractivity contribution is 0.524. The molecule has 4 nitrogen and oxygen atoms in total. The summed E-state index contributed by atoms with van der Waals surface area (Å²) in [5.74, 6) is 2.46. The maximum Gasteiger partial charge on any atom is 0.160 e. The second-order valence-electron chi connectivity index (χ2n) is 18.6. The maximum atomic E-state index is 5.49. The van der Waals surface area contributed by atoms with E-state index in [1.165, 1.54) is 64.8 Å². The number of hydrogen-bond acceptors (Lipinski definition) is 4. The van der Waals surface area contributed by atoms with Crippen molar-refractivity contribution in [1.29, 1.82) is 0 Å². The molecule has 68 heavy (non-hydrogen) atoms. The second kappa shape index (κ2) is 19.9. The van der Waals surface area contributed by atoms with E-state index in [-0.39, 0.29) is 12.0 Å². The van der Waals surface area contributed by atoms with Crippen LogP contribution in [0, 0.1) is 12.8 Å². The molecule has 3 unspecified atom stereocenters. The van der Waals surface area contributed by atoms with Crippen molar-refractivity contribution in [3.63, 3.8) is 0 Å². The van der Waals surface area contributed by atoms with Gasteiger partial charge in [0.2, 0.25) is 0 Å². The molecule has 1 N–H and O–H groups in total. The van der Waals surface area contributed by atoms with Crippen LogP contribution in [-0.4, -0.2) is 15.8 Å². The number of benzene rings is 5. The van der Waals surface area contributed by atoms with Crippen molar-refractivity contribution < 1.29 is 0 Å². The Hall–Kier alpha value is -6.70. The smallest absolute Gasteiger partial charge is 0.160 e. The van der Waals surface area contributed by atoms with Crippen molar-refractivity contribution in [2.24, 2.45) is 10.9 Å². The summed E-state index contributed by atoms with van der Waals surface area (Å²) in [6, 6.07) is 50.0. The average Bonchev–Trinajstić information content (AvgIpc) is 3.42. The highest BCUT2D eigenvalue weighted by Crippen LogP contribution is 2.43. The number of halogens is 1. The summed E-state index contributed by atoms with van der Waals surface area (Å²) in [5.41, 5.74) is 19.6. The van der Waals surface area contributed by atoms with Crippen LogP contribution in [0.25, 0.3) is 44.9 Å². The molecule has 4 aliphatic carbocycles. The van der Waals surface area contributed by atoms with E-state index in [1.807, 2.05) is 0 Å². The van der Waals surface area contributed by atoms with Crippen molar-refractivity contribution in [2.75, 3.05) is 0 Å². The Bertz CT molecular complexity index is 3160. The van der Waals surface area contributed by atoms with Gasteiger partial charge in [-0.2, -0.15) is 0 Å². The van der Waals surface area contributed by atoms with Gasteiger partial charge in [0.15, 0.2) is 5.82 Å². The lowest BCUT2D eigenvalue weighted by Gasteiger charge is -2.31. The molecule has 5 heteroatoms. The highest BCUT2D eigenvalue weighted by atomic mass is 127. The lowest BCUT2D eigenvalue weighted by Crippen LogP contribution is -2.31. The van der Waals surface area contributed by atoms with Crippen molar-refractivity contribution in [1.82, 2.24) is 15.3 Å². The topological polar surface area (TPSA) is 50.2 Å². The molecule has 3 atom stereocenters. The van der Waals surface area contributed by atoms with E-state index in [0.29, 0.717) is 5.92 Å². The Kier molecular flexibility index (Phi) is 12.8. The molecule has 0 radical (unpaired) electrons. The van der Waals surface area contributed by atoms with E-state index in [2.05, 4.69) is 229 Å². The van der Waals surface area contributed by atoms with Crippen molar-refractivity contribution in [2.45, 2.75) is 70.3 Å². The summed E-state index contributed by atoms with van der Waals surface area (Å²) >= 11 is 2.51. The van der Waals surface area contributed by atoms with E-state index in [0.717, 1.165) is 85.7 Å². The third kappa shape index (κ3) is 9.29. The van der Waals surface area contributed by atoms with Gasteiger partial charge in [0.1, 0.15) is 11.9 Å². The quantitative estimate of drug-likeness (QED) is 0.139. The number of allylic oxidation sites excluding steroid dienone is 13. The summed E-state index contributed by atoms with van der Waals surface area (Å²) < 4.78 is 1.22. The molecule has 0 saturated carbocycles. The third-order valence-electron chi connectivity index (χ3n) is 14.2. The van der Waals surface area contributed by atoms with Crippen LogP contribution in [0.3, 0.4) is 0 Å². The van der Waals surface area contributed by atoms with E-state index < -0.39 is 0 Å². The number of aliphatic imine (C=N–C) groups is 1. The fraction of sp³-hybridized carbons (Fsp3) is 0.190. The van der Waals surface area contributed by atoms with Gasteiger partial charge in [-0.1, -0.05) is 182 Å². The van der Waals surface area contributed by atoms with Crippen LogP contribution in [0.5, 0.6) is 0 Å². The zero-order chi connectivity index (χ0) is 45.8. The number of hydrogen-bond donors (Lipinski definition) is 1. The summed E-state index contributed by atoms with van der Waals surface area (Å²) in [6.07, 6.45) is 29.1. The number of nitrogens with one attached hydrogen (secondary N) is 1. The molecule has 5 aliphatic rings. The molecule has 5 aromatic carbocycles. The molecule has 0 fully saturated rings. The molecule has 2 heterocycles. The maximum absolute atomic E-state index is 5.49. The van der Waals surface area contributed by atoms with E-state index in [1.54, 1.807) is 5.57 Å². The van der Waals surface area contributed by atoms with Gasteiger partial charge in [-0.15, -0.1) is 0 Å². The van der Waals surface area contributed by atoms with Crippen LogP contribution in [0.4, 0.5) is 0 Å². The van der Waals surface area contributed by atoms with Gasteiger partial charge in [-0.3, -0.25) is 4.99 Å². The summed E-state index contributed by atoms with van der Waals surface area (Å²) in [5, 5.41) is 3.84. The Morgan fingerprint density at radius 2 is 1.26 bits per heavy atom. The first-order chi connectivity index (χ1) is 33.5. The van der Waals surface area contributed by atoms with E-state index in [9.17, 15) is 0 Å². The highest BCUT2D eigenvalue weighted by Gasteiger charge is 2.30. The molecule has 0 amide bonds. The molecular formula is C63H55IN4. The molecule has 0 saturated heterocycles. The molecule has 6 aromatic rings. The summed E-state index contributed by atoms with van der Waals surface area (Å²) in [4.78, 5) is 16.3. The monoisotopic (exact) mass is 994 g/mol. The molecule has 1 aromatic heterocycles. The SMILES string of the molecule is Cc1c(C2=CC(c3cccc(-c4ccccc4)c3)=CCC2)nc(-c2cccc(C3=CCCC(C4CCC=C(C5=NC(c6ccccc6)C(I)=C(c6ccccc6)N5)C4)=C3)c2)nc1C1C=CC=CC1. The first-order valence-corrected chi connectivity index (χ1v) is 25.4. The van der Waals surface area contributed by atoms with Gasteiger partial charge in [-0.25, -0.2) is 9.97 Å². The number of rotatable bonds is 10. The first kappa shape index (κ1) is 43.8. The third-order valence-corrected chi connectivity index (χ3v) is 15.3. The Morgan fingerprint density at radius 1 is 0.603 bits per heavy atom. The minimum atomic E-state index is -0.0439. The first-order valence-electron chi connectivity index (χ1n) is 24.4. The van der Waals surface area contributed by atoms with Crippen molar-refractivity contribution in [3.8, 4) is 22.5 Å². The Balaban J connectivity index is 0.882. The fourth-order valence-electron chi connectivity index (χ4n) is 10.6. The zero-order valence-corrected chi connectivity index (χ0v) is 40.7. The molecular weight excluding hydrogens is 940 g/mol. The molecule has 334 valence electrons. The minimum absolute atomic E-state index is 0.0439. The largest absolute Gasteiger partial charge is 0.339 e. The zero-order valence-electron chi connectivity index (χ0n) is 38.6. The van der Waals surface area contributed by atoms with E-state index >= 15 is 0 Å².